The first-order chi connectivity index (χ1) is 7.79. The summed E-state index contributed by atoms with van der Waals surface area (Å²) in [5.41, 5.74) is 1.88. The third-order valence-corrected chi connectivity index (χ3v) is 2.31. The number of fused-ring (bicyclic) bond motifs is 1. The van der Waals surface area contributed by atoms with Crippen LogP contribution >= 0.6 is 0 Å². The summed E-state index contributed by atoms with van der Waals surface area (Å²) >= 11 is 0. The van der Waals surface area contributed by atoms with Crippen LogP contribution in [0.5, 0.6) is 5.75 Å². The number of benzene rings is 1. The number of methoxy groups -OCH3 is 1. The van der Waals surface area contributed by atoms with E-state index in [1.54, 1.807) is 6.26 Å². The van der Waals surface area contributed by atoms with E-state index >= 15 is 0 Å². The molecule has 82 valence electrons. The summed E-state index contributed by atoms with van der Waals surface area (Å²) in [4.78, 5) is 11.1. The second kappa shape index (κ2) is 4.66. The van der Waals surface area contributed by atoms with E-state index in [1.165, 1.54) is 7.11 Å². The summed E-state index contributed by atoms with van der Waals surface area (Å²) in [5.74, 6) is 0.506. The number of hydrogen-bond acceptors (Lipinski definition) is 3. The van der Waals surface area contributed by atoms with Gasteiger partial charge in [-0.1, -0.05) is 24.3 Å². The van der Waals surface area contributed by atoms with Crippen molar-refractivity contribution in [1.29, 1.82) is 0 Å². The average Bonchev–Trinajstić information content (AvgIpc) is 2.53. The van der Waals surface area contributed by atoms with Gasteiger partial charge >= 0.3 is 5.97 Å². The monoisotopic (exact) mass is 216 g/mol. The zero-order valence-corrected chi connectivity index (χ0v) is 8.97. The minimum absolute atomic E-state index is 0.250. The fourth-order valence-corrected chi connectivity index (χ4v) is 1.48. The van der Waals surface area contributed by atoms with Gasteiger partial charge in [0.1, 0.15) is 5.75 Å². The number of rotatable bonds is 2. The molecule has 0 saturated carbocycles. The predicted octanol–water partition coefficient (Wildman–Crippen LogP) is 2.32. The Morgan fingerprint density at radius 2 is 2.25 bits per heavy atom. The molecule has 1 aromatic carbocycles. The van der Waals surface area contributed by atoms with Crippen molar-refractivity contribution in [2.24, 2.45) is 0 Å². The van der Waals surface area contributed by atoms with E-state index < -0.39 is 0 Å². The molecular formula is C13H12O3. The number of ether oxygens (including phenoxy) is 2. The van der Waals surface area contributed by atoms with Gasteiger partial charge in [0.25, 0.3) is 0 Å². The summed E-state index contributed by atoms with van der Waals surface area (Å²) in [6, 6.07) is 5.68. The van der Waals surface area contributed by atoms with Gasteiger partial charge in [0.15, 0.2) is 0 Å². The molecule has 0 unspecified atom stereocenters. The number of carbonyl (C=O) groups is 1. The summed E-state index contributed by atoms with van der Waals surface area (Å²) < 4.78 is 10.0. The number of carbonyl (C=O) groups excluding carboxylic acids is 1. The van der Waals surface area contributed by atoms with Gasteiger partial charge in [0.2, 0.25) is 0 Å². The molecule has 0 atom stereocenters. The van der Waals surface area contributed by atoms with Crippen LogP contribution in [0.4, 0.5) is 0 Å². The van der Waals surface area contributed by atoms with Gasteiger partial charge in [0.05, 0.1) is 19.8 Å². The van der Waals surface area contributed by atoms with E-state index in [4.69, 9.17) is 4.74 Å². The maximum Gasteiger partial charge on any atom is 0.309 e. The van der Waals surface area contributed by atoms with Crippen molar-refractivity contribution in [2.75, 3.05) is 7.11 Å². The van der Waals surface area contributed by atoms with Gasteiger partial charge in [-0.25, -0.2) is 0 Å². The molecule has 0 saturated heterocycles. The standard InChI is InChI=1S/C13H12O3/c1-15-13(14)9-10-5-6-11-4-2-3-7-16-12(11)8-10/h2-8H,9H2,1H3. The van der Waals surface area contributed by atoms with E-state index in [0.717, 1.165) is 16.9 Å². The van der Waals surface area contributed by atoms with Crippen LogP contribution in [-0.2, 0) is 16.0 Å². The lowest BCUT2D eigenvalue weighted by molar-refractivity contribution is -0.139. The molecule has 0 aliphatic carbocycles. The van der Waals surface area contributed by atoms with Crippen molar-refractivity contribution in [3.05, 3.63) is 47.7 Å². The lowest BCUT2D eigenvalue weighted by atomic mass is 10.1. The van der Waals surface area contributed by atoms with E-state index in [2.05, 4.69) is 4.74 Å². The van der Waals surface area contributed by atoms with Gasteiger partial charge < -0.3 is 9.47 Å². The van der Waals surface area contributed by atoms with Crippen LogP contribution in [0.2, 0.25) is 0 Å². The lowest BCUT2D eigenvalue weighted by Crippen LogP contribution is -2.04. The third kappa shape index (κ3) is 2.31. The lowest BCUT2D eigenvalue weighted by Gasteiger charge is -2.06. The van der Waals surface area contributed by atoms with Gasteiger partial charge in [-0.15, -0.1) is 0 Å². The highest BCUT2D eigenvalue weighted by Gasteiger charge is 2.07. The minimum Gasteiger partial charge on any atom is -0.469 e. The van der Waals surface area contributed by atoms with Crippen molar-refractivity contribution >= 4 is 12.0 Å². The average molecular weight is 216 g/mol. The molecule has 1 aliphatic heterocycles. The number of hydrogen-bond donors (Lipinski definition) is 0. The van der Waals surface area contributed by atoms with E-state index in [0.29, 0.717) is 0 Å². The van der Waals surface area contributed by atoms with Crippen LogP contribution in [0.1, 0.15) is 11.1 Å². The van der Waals surface area contributed by atoms with Crippen molar-refractivity contribution in [2.45, 2.75) is 6.42 Å². The van der Waals surface area contributed by atoms with Crippen LogP contribution in [0, 0.1) is 0 Å². The molecule has 2 rings (SSSR count). The highest BCUT2D eigenvalue weighted by molar-refractivity contribution is 5.73. The third-order valence-electron chi connectivity index (χ3n) is 2.31. The predicted molar refractivity (Wildman–Crippen MR) is 61.0 cm³/mol. The molecule has 1 aliphatic rings. The molecule has 0 fully saturated rings. The van der Waals surface area contributed by atoms with Gasteiger partial charge in [-0.2, -0.15) is 0 Å². The summed E-state index contributed by atoms with van der Waals surface area (Å²) in [6.45, 7) is 0. The van der Waals surface area contributed by atoms with Crippen molar-refractivity contribution in [3.8, 4) is 5.75 Å². The maximum atomic E-state index is 11.1. The van der Waals surface area contributed by atoms with E-state index in [1.807, 2.05) is 36.4 Å². The van der Waals surface area contributed by atoms with Crippen molar-refractivity contribution < 1.29 is 14.3 Å². The summed E-state index contributed by atoms with van der Waals surface area (Å²) in [6.07, 6.45) is 7.57. The molecule has 3 nitrogen and oxygen atoms in total. The molecule has 1 aromatic rings. The second-order valence-corrected chi connectivity index (χ2v) is 3.43. The molecule has 0 aromatic heterocycles. The molecule has 3 heteroatoms. The van der Waals surface area contributed by atoms with Gasteiger partial charge in [0, 0.05) is 5.56 Å². The van der Waals surface area contributed by atoms with Crippen molar-refractivity contribution in [1.82, 2.24) is 0 Å². The highest BCUT2D eigenvalue weighted by Crippen LogP contribution is 2.24. The highest BCUT2D eigenvalue weighted by atomic mass is 16.5. The van der Waals surface area contributed by atoms with Crippen LogP contribution in [0.15, 0.2) is 36.6 Å². The Morgan fingerprint density at radius 1 is 1.38 bits per heavy atom. The van der Waals surface area contributed by atoms with Crippen LogP contribution in [0.25, 0.3) is 6.08 Å². The second-order valence-electron chi connectivity index (χ2n) is 3.43. The van der Waals surface area contributed by atoms with Crippen molar-refractivity contribution in [3.63, 3.8) is 0 Å². The fraction of sp³-hybridized carbons (Fsp3) is 0.154. The number of esters is 1. The Kier molecular flexibility index (Phi) is 3.05. The largest absolute Gasteiger partial charge is 0.469 e. The molecule has 0 N–H and O–H groups in total. The first-order valence-electron chi connectivity index (χ1n) is 4.99. The summed E-state index contributed by atoms with van der Waals surface area (Å²) in [7, 11) is 1.38. The minimum atomic E-state index is -0.250. The first kappa shape index (κ1) is 10.5. The first-order valence-corrected chi connectivity index (χ1v) is 4.99. The van der Waals surface area contributed by atoms with E-state index in [-0.39, 0.29) is 12.4 Å². The quantitative estimate of drug-likeness (QED) is 0.712. The Morgan fingerprint density at radius 3 is 3.06 bits per heavy atom. The Hall–Kier alpha value is -2.03. The zero-order valence-electron chi connectivity index (χ0n) is 8.97. The summed E-state index contributed by atoms with van der Waals surface area (Å²) in [5, 5.41) is 0. The zero-order chi connectivity index (χ0) is 11.4. The molecule has 16 heavy (non-hydrogen) atoms. The SMILES string of the molecule is COC(=O)Cc1ccc2c(c1)OC=CC=C2. The molecule has 0 amide bonds. The van der Waals surface area contributed by atoms with Gasteiger partial charge in [-0.3, -0.25) is 4.79 Å². The van der Waals surface area contributed by atoms with Crippen LogP contribution in [0.3, 0.4) is 0 Å². The molecular weight excluding hydrogens is 204 g/mol. The molecule has 0 spiro atoms. The smallest absolute Gasteiger partial charge is 0.309 e. The maximum absolute atomic E-state index is 11.1. The topological polar surface area (TPSA) is 35.5 Å². The molecule has 0 bridgehead atoms. The fourth-order valence-electron chi connectivity index (χ4n) is 1.48. The molecule has 0 radical (unpaired) electrons. The van der Waals surface area contributed by atoms with Gasteiger partial charge in [-0.05, 0) is 17.7 Å². The number of allylic oxidation sites excluding steroid dienone is 2. The Bertz CT molecular complexity index is 458. The Labute approximate surface area is 94.0 Å². The Balaban J connectivity index is 2.25. The molecule has 1 heterocycles. The van der Waals surface area contributed by atoms with E-state index in [9.17, 15) is 4.79 Å². The normalized spacial score (nSPS) is 12.6. The van der Waals surface area contributed by atoms with Crippen LogP contribution in [-0.4, -0.2) is 13.1 Å². The van der Waals surface area contributed by atoms with Crippen LogP contribution < -0.4 is 4.74 Å².